The fourth-order valence-electron chi connectivity index (χ4n) is 3.48. The molecule has 1 N–H and O–H groups in total. The normalized spacial score (nSPS) is 15.0. The number of nitrogens with zero attached hydrogens (tertiary/aromatic N) is 2. The molecule has 3 aromatic rings. The summed E-state index contributed by atoms with van der Waals surface area (Å²) in [7, 11) is 0. The maximum atomic E-state index is 12.9. The lowest BCUT2D eigenvalue weighted by Crippen LogP contribution is -2.36. The van der Waals surface area contributed by atoms with E-state index in [0.29, 0.717) is 5.69 Å². The van der Waals surface area contributed by atoms with Crippen LogP contribution in [0.4, 0.5) is 10.5 Å². The maximum absolute atomic E-state index is 12.9. The summed E-state index contributed by atoms with van der Waals surface area (Å²) in [6, 6.07) is 17.2. The zero-order valence-electron chi connectivity index (χ0n) is 17.5. The highest BCUT2D eigenvalue weighted by molar-refractivity contribution is 9.10. The van der Waals surface area contributed by atoms with Gasteiger partial charge in [-0.2, -0.15) is 0 Å². The number of rotatable bonds is 5. The maximum Gasteiger partial charge on any atom is 0.294 e. The van der Waals surface area contributed by atoms with Gasteiger partial charge >= 0.3 is 0 Å². The van der Waals surface area contributed by atoms with E-state index in [9.17, 15) is 14.4 Å². The summed E-state index contributed by atoms with van der Waals surface area (Å²) in [5, 5.41) is 2.36. The van der Waals surface area contributed by atoms with Gasteiger partial charge in [0.2, 0.25) is 5.91 Å². The van der Waals surface area contributed by atoms with E-state index in [1.165, 1.54) is 0 Å². The number of carbonyl (C=O) groups excluding carboxylic acids is 3. The Morgan fingerprint density at radius 1 is 1.06 bits per heavy atom. The molecular formula is C24H20BrN3O3S. The monoisotopic (exact) mass is 509 g/mol. The highest BCUT2D eigenvalue weighted by Crippen LogP contribution is 2.33. The van der Waals surface area contributed by atoms with Crippen molar-refractivity contribution in [2.75, 3.05) is 11.9 Å². The topological polar surface area (TPSA) is 71.4 Å². The van der Waals surface area contributed by atoms with Gasteiger partial charge < -0.3 is 9.88 Å². The van der Waals surface area contributed by atoms with E-state index in [2.05, 4.69) is 21.2 Å². The number of nitrogens with one attached hydrogen (secondary N) is 1. The standard InChI is InChI=1S/C24H20BrN3O3S/c1-15-6-3-7-16(2)22(15)26-21(29)14-28-23(30)20(32-24(28)31)13-19-10-5-11-27(19)18-9-4-8-17(25)12-18/h3-13H,14H2,1-2H3,(H,26,29). The van der Waals surface area contributed by atoms with Crippen LogP contribution in [0.1, 0.15) is 16.8 Å². The smallest absolute Gasteiger partial charge is 0.294 e. The van der Waals surface area contributed by atoms with E-state index in [-0.39, 0.29) is 11.4 Å². The molecule has 4 rings (SSSR count). The number of anilines is 1. The molecule has 6 nitrogen and oxygen atoms in total. The molecule has 1 saturated heterocycles. The van der Waals surface area contributed by atoms with Gasteiger partial charge in [0.15, 0.2) is 0 Å². The van der Waals surface area contributed by atoms with Crippen molar-refractivity contribution in [3.8, 4) is 5.69 Å². The second-order valence-electron chi connectivity index (χ2n) is 7.37. The van der Waals surface area contributed by atoms with Crippen molar-refractivity contribution in [2.45, 2.75) is 13.8 Å². The SMILES string of the molecule is Cc1cccc(C)c1NC(=O)CN1C(=O)SC(=Cc2cccn2-c2cccc(Br)c2)C1=O. The van der Waals surface area contributed by atoms with E-state index in [4.69, 9.17) is 0 Å². The predicted molar refractivity (Wildman–Crippen MR) is 131 cm³/mol. The fraction of sp³-hybridized carbons (Fsp3) is 0.125. The number of hydrogen-bond acceptors (Lipinski definition) is 4. The molecule has 1 aliphatic rings. The second-order valence-corrected chi connectivity index (χ2v) is 9.27. The van der Waals surface area contributed by atoms with E-state index in [1.807, 2.05) is 79.2 Å². The Morgan fingerprint density at radius 2 is 1.78 bits per heavy atom. The Labute approximate surface area is 198 Å². The first kappa shape index (κ1) is 22.1. The first-order chi connectivity index (χ1) is 15.3. The molecule has 3 amide bonds. The summed E-state index contributed by atoms with van der Waals surface area (Å²) >= 11 is 4.30. The second kappa shape index (κ2) is 9.18. The summed E-state index contributed by atoms with van der Waals surface area (Å²) in [6.07, 6.45) is 3.56. The number of halogens is 1. The van der Waals surface area contributed by atoms with Crippen LogP contribution < -0.4 is 5.32 Å². The molecule has 2 heterocycles. The third-order valence-corrected chi connectivity index (χ3v) is 6.47. The Kier molecular flexibility index (Phi) is 6.34. The summed E-state index contributed by atoms with van der Waals surface area (Å²) in [5.74, 6) is -0.887. The lowest BCUT2D eigenvalue weighted by Gasteiger charge is -2.15. The molecule has 2 aromatic carbocycles. The van der Waals surface area contributed by atoms with Crippen LogP contribution in [0.3, 0.4) is 0 Å². The lowest BCUT2D eigenvalue weighted by molar-refractivity contribution is -0.127. The molecule has 0 bridgehead atoms. The summed E-state index contributed by atoms with van der Waals surface area (Å²) in [5.41, 5.74) is 4.21. The molecule has 162 valence electrons. The van der Waals surface area contributed by atoms with E-state index in [0.717, 1.165) is 43.6 Å². The van der Waals surface area contributed by atoms with E-state index >= 15 is 0 Å². The molecule has 8 heteroatoms. The third kappa shape index (κ3) is 4.56. The number of para-hydroxylation sites is 1. The highest BCUT2D eigenvalue weighted by Gasteiger charge is 2.36. The van der Waals surface area contributed by atoms with E-state index < -0.39 is 17.1 Å². The van der Waals surface area contributed by atoms with Gasteiger partial charge in [-0.25, -0.2) is 0 Å². The van der Waals surface area contributed by atoms with Crippen LogP contribution in [0.25, 0.3) is 11.8 Å². The molecule has 0 spiro atoms. The van der Waals surface area contributed by atoms with Gasteiger partial charge in [0, 0.05) is 27.7 Å². The number of aryl methyl sites for hydroxylation is 2. The molecule has 0 aliphatic carbocycles. The molecule has 1 fully saturated rings. The summed E-state index contributed by atoms with van der Waals surface area (Å²) in [6.45, 7) is 3.46. The third-order valence-electron chi connectivity index (χ3n) is 5.07. The minimum Gasteiger partial charge on any atom is -0.324 e. The lowest BCUT2D eigenvalue weighted by atomic mass is 10.1. The van der Waals surface area contributed by atoms with Crippen LogP contribution >= 0.6 is 27.7 Å². The zero-order valence-corrected chi connectivity index (χ0v) is 19.9. The van der Waals surface area contributed by atoms with Crippen molar-refractivity contribution >= 4 is 56.5 Å². The Bertz CT molecular complexity index is 1240. The molecule has 1 aliphatic heterocycles. The van der Waals surface area contributed by atoms with Crippen molar-refractivity contribution < 1.29 is 14.4 Å². The van der Waals surface area contributed by atoms with Crippen molar-refractivity contribution in [3.63, 3.8) is 0 Å². The molecule has 0 unspecified atom stereocenters. The van der Waals surface area contributed by atoms with Crippen LogP contribution in [0.15, 0.2) is 70.2 Å². The van der Waals surface area contributed by atoms with Crippen molar-refractivity contribution in [1.29, 1.82) is 0 Å². The average Bonchev–Trinajstić information content (AvgIpc) is 3.31. The van der Waals surface area contributed by atoms with Crippen molar-refractivity contribution in [2.24, 2.45) is 0 Å². The van der Waals surface area contributed by atoms with Crippen LogP contribution in [-0.4, -0.2) is 33.1 Å². The predicted octanol–water partition coefficient (Wildman–Crippen LogP) is 5.53. The van der Waals surface area contributed by atoms with Gasteiger partial charge in [-0.3, -0.25) is 19.3 Å². The average molecular weight is 510 g/mol. The first-order valence-corrected chi connectivity index (χ1v) is 11.5. The van der Waals surface area contributed by atoms with Crippen molar-refractivity contribution in [1.82, 2.24) is 9.47 Å². The Morgan fingerprint density at radius 3 is 2.50 bits per heavy atom. The molecule has 0 atom stereocenters. The number of thioether (sulfide) groups is 1. The number of amides is 3. The number of benzene rings is 2. The van der Waals surface area contributed by atoms with Gasteiger partial charge in [0.1, 0.15) is 6.54 Å². The minimum atomic E-state index is -0.473. The van der Waals surface area contributed by atoms with Gasteiger partial charge in [0.05, 0.1) is 4.91 Å². The van der Waals surface area contributed by atoms with Gasteiger partial charge in [-0.1, -0.05) is 40.2 Å². The number of aromatic nitrogens is 1. The molecule has 1 aromatic heterocycles. The quantitative estimate of drug-likeness (QED) is 0.458. The molecule has 32 heavy (non-hydrogen) atoms. The van der Waals surface area contributed by atoms with E-state index in [1.54, 1.807) is 6.08 Å². The summed E-state index contributed by atoms with van der Waals surface area (Å²) < 4.78 is 2.86. The van der Waals surface area contributed by atoms with Crippen LogP contribution in [0.2, 0.25) is 0 Å². The number of carbonyl (C=O) groups is 3. The number of imide groups is 1. The Hall–Kier alpha value is -3.10. The van der Waals surface area contributed by atoms with Gasteiger partial charge in [-0.05, 0) is 73.1 Å². The first-order valence-electron chi connectivity index (χ1n) is 9.88. The largest absolute Gasteiger partial charge is 0.324 e. The summed E-state index contributed by atoms with van der Waals surface area (Å²) in [4.78, 5) is 39.2. The Balaban J connectivity index is 1.52. The minimum absolute atomic E-state index is 0.282. The molecule has 0 saturated carbocycles. The molecule has 0 radical (unpaired) electrons. The van der Waals surface area contributed by atoms with Crippen LogP contribution in [-0.2, 0) is 9.59 Å². The van der Waals surface area contributed by atoms with Crippen LogP contribution in [0.5, 0.6) is 0 Å². The van der Waals surface area contributed by atoms with Crippen LogP contribution in [0, 0.1) is 13.8 Å². The van der Waals surface area contributed by atoms with Gasteiger partial charge in [0.25, 0.3) is 11.1 Å². The molecular weight excluding hydrogens is 490 g/mol. The number of hydrogen-bond donors (Lipinski definition) is 1. The fourth-order valence-corrected chi connectivity index (χ4v) is 4.69. The highest BCUT2D eigenvalue weighted by atomic mass is 79.9. The van der Waals surface area contributed by atoms with Gasteiger partial charge in [-0.15, -0.1) is 0 Å². The van der Waals surface area contributed by atoms with Crippen molar-refractivity contribution in [3.05, 3.63) is 87.0 Å². The zero-order chi connectivity index (χ0) is 22.8.